The molecule has 0 spiro atoms. The lowest BCUT2D eigenvalue weighted by atomic mass is 9.68. The number of benzene rings is 2. The quantitative estimate of drug-likeness (QED) is 0.217. The predicted octanol–water partition coefficient (Wildman–Crippen LogP) is 15.5. The zero-order chi connectivity index (χ0) is 46.7. The van der Waals surface area contributed by atoms with Gasteiger partial charge in [-0.1, -0.05) is 72.5 Å². The monoisotopic (exact) mass is 966 g/mol. The van der Waals surface area contributed by atoms with E-state index in [9.17, 15) is 0 Å². The second-order valence-electron chi connectivity index (χ2n) is 17.8. The molecule has 8 aliphatic rings. The van der Waals surface area contributed by atoms with E-state index in [0.29, 0.717) is 20.9 Å². The number of hydrogen-bond acceptors (Lipinski definition) is 4. The maximum atomic E-state index is 16.3. The topological polar surface area (TPSA) is 0 Å². The maximum absolute atomic E-state index is 16.3. The van der Waals surface area contributed by atoms with E-state index >= 15 is 52.7 Å². The molecule has 0 N–H and O–H groups in total. The van der Waals surface area contributed by atoms with Crippen LogP contribution in [0.2, 0.25) is 0 Å². The first-order chi connectivity index (χ1) is 29.4. The Balaban J connectivity index is 1.16. The molecule has 2 aromatic rings. The number of fused-ring (bicyclic) bond motifs is 8. The van der Waals surface area contributed by atoms with E-state index < -0.39 is 88.0 Å². The number of hydrogen-bond donors (Lipinski definition) is 0. The van der Waals surface area contributed by atoms with Crippen LogP contribution in [-0.2, 0) is 0 Å². The van der Waals surface area contributed by atoms with Crippen molar-refractivity contribution < 1.29 is 52.7 Å². The van der Waals surface area contributed by atoms with Crippen molar-refractivity contribution >= 4 is 56.9 Å². The summed E-state index contributed by atoms with van der Waals surface area (Å²) in [6.45, 7) is 11.7. The Morgan fingerprint density at radius 1 is 0.344 bits per heavy atom. The smallest absolute Gasteiger partial charge is 0.194 e. The number of allylic oxidation sites excluding steroid dienone is 10. The van der Waals surface area contributed by atoms with Crippen LogP contribution in [-0.4, -0.2) is 54.5 Å². The number of alkyl halides is 12. The summed E-state index contributed by atoms with van der Waals surface area (Å²) < 4.78 is 186. The lowest BCUT2D eigenvalue weighted by molar-refractivity contribution is -0.258. The minimum atomic E-state index is -5.80. The van der Waals surface area contributed by atoms with Gasteiger partial charge in [-0.2, -0.15) is 52.7 Å². The summed E-state index contributed by atoms with van der Waals surface area (Å²) in [5.41, 5.74) is -5.99. The highest BCUT2D eigenvalue weighted by atomic mass is 32.2. The molecule has 2 fully saturated rings. The first-order valence-electron chi connectivity index (χ1n) is 20.0. The van der Waals surface area contributed by atoms with Gasteiger partial charge >= 0.3 is 35.5 Å². The van der Waals surface area contributed by atoms with Gasteiger partial charge in [0.25, 0.3) is 0 Å². The number of rotatable bonds is 2. The minimum Gasteiger partial charge on any atom is -0.194 e. The van der Waals surface area contributed by atoms with Crippen molar-refractivity contribution in [3.05, 3.63) is 148 Å². The van der Waals surface area contributed by atoms with Crippen LogP contribution in [0.15, 0.2) is 137 Å². The predicted molar refractivity (Wildman–Crippen MR) is 233 cm³/mol. The fraction of sp³-hybridized carbons (Fsp3) is 0.375. The van der Waals surface area contributed by atoms with Crippen LogP contribution in [0.4, 0.5) is 52.7 Å². The SMILES string of the molecule is CC1=C(C#CC2=C(C)C3=C4C(=C5C(C)=C(c6ccccc6)S[C@@]5(C)[C@]3(C)S2)C(F)(F)C(F)(F)C4(F)F)S[C@]2(C)C1=C1C(=C3C(C)=C(c4ccccc4)S[C@]32C)C(F)(F)C(F)(F)C1(F)F. The summed E-state index contributed by atoms with van der Waals surface area (Å²) in [4.78, 5) is 0.970. The molecule has 4 heterocycles. The van der Waals surface area contributed by atoms with E-state index in [1.165, 1.54) is 41.5 Å². The van der Waals surface area contributed by atoms with Crippen LogP contribution in [0.3, 0.4) is 0 Å². The molecule has 4 aliphatic carbocycles. The van der Waals surface area contributed by atoms with Crippen molar-refractivity contribution in [2.24, 2.45) is 0 Å². The summed E-state index contributed by atoms with van der Waals surface area (Å²) in [7, 11) is 0. The van der Waals surface area contributed by atoms with Gasteiger partial charge in [-0.15, -0.1) is 47.0 Å². The van der Waals surface area contributed by atoms with E-state index in [2.05, 4.69) is 11.8 Å². The van der Waals surface area contributed by atoms with Crippen LogP contribution >= 0.6 is 47.0 Å². The third kappa shape index (κ3) is 4.67. The second kappa shape index (κ2) is 12.7. The van der Waals surface area contributed by atoms with Crippen LogP contribution in [0.5, 0.6) is 0 Å². The minimum absolute atomic E-state index is 0.0419. The molecule has 2 aromatic carbocycles. The Morgan fingerprint density at radius 2 is 0.594 bits per heavy atom. The molecule has 0 saturated heterocycles. The third-order valence-corrected chi connectivity index (χ3v) is 21.6. The average molecular weight is 967 g/mol. The van der Waals surface area contributed by atoms with Crippen LogP contribution in [0, 0.1) is 11.8 Å². The Hall–Kier alpha value is -3.52. The number of halogens is 12. The lowest BCUT2D eigenvalue weighted by Gasteiger charge is -2.48. The molecule has 0 bridgehead atoms. The van der Waals surface area contributed by atoms with E-state index in [-0.39, 0.29) is 43.2 Å². The fourth-order valence-electron chi connectivity index (χ4n) is 11.1. The Morgan fingerprint density at radius 3 is 0.875 bits per heavy atom. The molecule has 0 unspecified atom stereocenters. The van der Waals surface area contributed by atoms with Gasteiger partial charge < -0.3 is 0 Å². The van der Waals surface area contributed by atoms with Crippen LogP contribution in [0.25, 0.3) is 9.81 Å². The van der Waals surface area contributed by atoms with E-state index in [1.807, 2.05) is 0 Å². The molecule has 64 heavy (non-hydrogen) atoms. The highest BCUT2D eigenvalue weighted by molar-refractivity contribution is 8.13. The largest absolute Gasteiger partial charge is 0.380 e. The summed E-state index contributed by atoms with van der Waals surface area (Å²) in [6, 6.07) is 17.1. The summed E-state index contributed by atoms with van der Waals surface area (Å²) >= 11 is 4.06. The normalized spacial score (nSPS) is 34.4. The highest BCUT2D eigenvalue weighted by Crippen LogP contribution is 2.79. The average Bonchev–Trinajstić information content (AvgIpc) is 3.90. The molecule has 10 rings (SSSR count). The van der Waals surface area contributed by atoms with Gasteiger partial charge in [-0.25, -0.2) is 0 Å². The Kier molecular flexibility index (Phi) is 8.81. The summed E-state index contributed by atoms with van der Waals surface area (Å²) in [5.74, 6) is -27.0. The van der Waals surface area contributed by atoms with Crippen molar-refractivity contribution in [2.45, 2.75) is 110 Å². The molecule has 16 heteroatoms. The second-order valence-corrected chi connectivity index (χ2v) is 23.5. The first-order valence-corrected chi connectivity index (χ1v) is 23.2. The lowest BCUT2D eigenvalue weighted by Crippen LogP contribution is -2.49. The van der Waals surface area contributed by atoms with Crippen LogP contribution < -0.4 is 0 Å². The molecule has 4 aliphatic heterocycles. The van der Waals surface area contributed by atoms with Crippen LogP contribution in [0.1, 0.15) is 66.5 Å². The van der Waals surface area contributed by atoms with E-state index in [4.69, 9.17) is 0 Å². The van der Waals surface area contributed by atoms with E-state index in [0.717, 1.165) is 47.0 Å². The highest BCUT2D eigenvalue weighted by Gasteiger charge is 2.86. The van der Waals surface area contributed by atoms with Crippen molar-refractivity contribution in [3.63, 3.8) is 0 Å². The first kappa shape index (κ1) is 44.3. The summed E-state index contributed by atoms with van der Waals surface area (Å²) in [5, 5.41) is 0. The van der Waals surface area contributed by atoms with Gasteiger partial charge in [0.1, 0.15) is 0 Å². The Bertz CT molecular complexity index is 2740. The molecular formula is C48H34F12S4. The molecule has 0 amide bonds. The van der Waals surface area contributed by atoms with Crippen molar-refractivity contribution in [1.29, 1.82) is 0 Å². The molecule has 4 atom stereocenters. The van der Waals surface area contributed by atoms with Gasteiger partial charge in [0, 0.05) is 32.1 Å². The zero-order valence-corrected chi connectivity index (χ0v) is 38.2. The molecule has 334 valence electrons. The zero-order valence-electron chi connectivity index (χ0n) is 34.9. The van der Waals surface area contributed by atoms with Crippen molar-refractivity contribution in [2.75, 3.05) is 0 Å². The summed E-state index contributed by atoms with van der Waals surface area (Å²) in [6.07, 6.45) is 0. The maximum Gasteiger partial charge on any atom is 0.380 e. The Labute approximate surface area is 378 Å². The van der Waals surface area contributed by atoms with Gasteiger partial charge in [0.2, 0.25) is 0 Å². The molecule has 0 nitrogen and oxygen atoms in total. The molecule has 0 aromatic heterocycles. The van der Waals surface area contributed by atoms with Gasteiger partial charge in [0.15, 0.2) is 0 Å². The van der Waals surface area contributed by atoms with Gasteiger partial charge in [-0.3, -0.25) is 0 Å². The molecular weight excluding hydrogens is 933 g/mol. The third-order valence-electron chi connectivity index (χ3n) is 14.5. The standard InChI is InChI=1S/C48H34F12S4/c1-21-27(61-39(5)29(21)33-35(45(53,54)47(57,58)43(33,49)50)31-23(3)37(63-41(31,39)7)25-15-11-9-12-16-25)19-20-28-22(2)30-34-36(46(55,56)48(59,60)44(34,51)52)32-24(4)38(26-17-13-10-14-18-26)64-42(32,8)40(30,6)62-28/h9-18H,1-8H3/t39-,40-,41-,42-/m1/s1. The van der Waals surface area contributed by atoms with E-state index in [1.54, 1.807) is 74.5 Å². The van der Waals surface area contributed by atoms with Crippen molar-refractivity contribution in [3.8, 4) is 11.8 Å². The molecule has 0 radical (unpaired) electrons. The van der Waals surface area contributed by atoms with Gasteiger partial charge in [-0.05, 0) is 111 Å². The van der Waals surface area contributed by atoms with Crippen molar-refractivity contribution in [1.82, 2.24) is 0 Å². The molecule has 2 saturated carbocycles. The fourth-order valence-corrected chi connectivity index (χ4v) is 17.6. The number of thioether (sulfide) groups is 4. The van der Waals surface area contributed by atoms with Gasteiger partial charge in [0.05, 0.1) is 28.8 Å².